The lowest BCUT2D eigenvalue weighted by atomic mass is 10.0. The summed E-state index contributed by atoms with van der Waals surface area (Å²) in [7, 11) is 0. The number of carbonyl (C=O) groups excluding carboxylic acids is 1. The molecule has 0 aromatic heterocycles. The van der Waals surface area contributed by atoms with Gasteiger partial charge in [-0.15, -0.1) is 24.0 Å². The second-order valence-corrected chi connectivity index (χ2v) is 7.52. The van der Waals surface area contributed by atoms with E-state index in [2.05, 4.69) is 27.4 Å². The van der Waals surface area contributed by atoms with Gasteiger partial charge in [0, 0.05) is 85.7 Å². The van der Waals surface area contributed by atoms with Crippen molar-refractivity contribution in [3.05, 3.63) is 0 Å². The lowest BCUT2D eigenvalue weighted by Gasteiger charge is -2.34. The number of rotatable bonds is 10. The van der Waals surface area contributed by atoms with Gasteiger partial charge in [-0.2, -0.15) is 0 Å². The number of hydrogen-bond acceptors (Lipinski definition) is 5. The summed E-state index contributed by atoms with van der Waals surface area (Å²) in [5.41, 5.74) is 0. The Hall–Kier alpha value is -0.650. The van der Waals surface area contributed by atoms with E-state index in [0.717, 1.165) is 104 Å². The maximum Gasteiger partial charge on any atom is 0.219 e. The third-order valence-electron chi connectivity index (χ3n) is 5.29. The van der Waals surface area contributed by atoms with Gasteiger partial charge >= 0.3 is 0 Å². The van der Waals surface area contributed by atoms with Crippen molar-refractivity contribution >= 4 is 35.8 Å². The molecule has 2 saturated heterocycles. The molecule has 0 bridgehead atoms. The second-order valence-electron chi connectivity index (χ2n) is 7.52. The number of aliphatic imine (C=N–C) groups is 1. The van der Waals surface area contributed by atoms with E-state index in [4.69, 9.17) is 9.47 Å². The van der Waals surface area contributed by atoms with Gasteiger partial charge in [0.1, 0.15) is 0 Å². The highest BCUT2D eigenvalue weighted by Crippen LogP contribution is 2.14. The Bertz CT molecular complexity index is 467. The molecule has 0 atom stereocenters. The Labute approximate surface area is 193 Å². The highest BCUT2D eigenvalue weighted by Gasteiger charge is 2.18. The van der Waals surface area contributed by atoms with Crippen molar-refractivity contribution in [2.45, 2.75) is 33.1 Å². The van der Waals surface area contributed by atoms with E-state index in [0.29, 0.717) is 5.92 Å². The van der Waals surface area contributed by atoms with E-state index >= 15 is 0 Å². The zero-order chi connectivity index (χ0) is 20.0. The van der Waals surface area contributed by atoms with Crippen molar-refractivity contribution < 1.29 is 14.3 Å². The molecule has 1 amide bonds. The van der Waals surface area contributed by atoms with Crippen LogP contribution in [-0.2, 0) is 14.3 Å². The van der Waals surface area contributed by atoms with Gasteiger partial charge in [0.2, 0.25) is 5.91 Å². The molecule has 0 saturated carbocycles. The molecule has 8 nitrogen and oxygen atoms in total. The summed E-state index contributed by atoms with van der Waals surface area (Å²) >= 11 is 0. The maximum absolute atomic E-state index is 11.4. The lowest BCUT2D eigenvalue weighted by molar-refractivity contribution is -0.130. The molecule has 2 fully saturated rings. The first-order valence-corrected chi connectivity index (χ1v) is 10.8. The lowest BCUT2D eigenvalue weighted by Crippen LogP contribution is -2.50. The topological polar surface area (TPSA) is 78.4 Å². The number of halogens is 1. The Morgan fingerprint density at radius 1 is 1.17 bits per heavy atom. The molecule has 9 heteroatoms. The van der Waals surface area contributed by atoms with Crippen LogP contribution in [-0.4, -0.2) is 100 Å². The number of ether oxygens (including phenoxy) is 2. The minimum atomic E-state index is 0. The van der Waals surface area contributed by atoms with Crippen molar-refractivity contribution in [1.29, 1.82) is 0 Å². The average Bonchev–Trinajstić information content (AvgIpc) is 2.71. The number of nitrogens with one attached hydrogen (secondary N) is 2. The van der Waals surface area contributed by atoms with Crippen molar-refractivity contribution in [2.24, 2.45) is 10.9 Å². The number of guanidine groups is 1. The van der Waals surface area contributed by atoms with Gasteiger partial charge in [0.05, 0.1) is 0 Å². The molecular formula is C20H40IN5O3. The minimum absolute atomic E-state index is 0. The zero-order valence-corrected chi connectivity index (χ0v) is 20.5. The van der Waals surface area contributed by atoms with Crippen LogP contribution in [0.3, 0.4) is 0 Å². The van der Waals surface area contributed by atoms with Crippen LogP contribution in [0.4, 0.5) is 0 Å². The molecule has 170 valence electrons. The van der Waals surface area contributed by atoms with Crippen molar-refractivity contribution in [1.82, 2.24) is 20.4 Å². The number of carbonyl (C=O) groups is 1. The molecule has 29 heavy (non-hydrogen) atoms. The fraction of sp³-hybridized carbons (Fsp3) is 0.900. The van der Waals surface area contributed by atoms with Crippen LogP contribution in [0.25, 0.3) is 0 Å². The molecule has 2 heterocycles. The Morgan fingerprint density at radius 3 is 2.55 bits per heavy atom. The number of hydrogen-bond donors (Lipinski definition) is 2. The SMILES string of the molecule is CCNC(=NCCCOCC1CCOCC1)NCCN1CCN(C(C)=O)CC1.I. The third kappa shape index (κ3) is 11.4. The molecule has 0 radical (unpaired) electrons. The molecule has 0 unspecified atom stereocenters. The van der Waals surface area contributed by atoms with Crippen molar-refractivity contribution in [3.8, 4) is 0 Å². The van der Waals surface area contributed by atoms with Gasteiger partial charge in [-0.3, -0.25) is 14.7 Å². The largest absolute Gasteiger partial charge is 0.381 e. The van der Waals surface area contributed by atoms with Gasteiger partial charge in [-0.05, 0) is 32.1 Å². The quantitative estimate of drug-likeness (QED) is 0.193. The van der Waals surface area contributed by atoms with Gasteiger partial charge < -0.3 is 25.0 Å². The highest BCUT2D eigenvalue weighted by atomic mass is 127. The van der Waals surface area contributed by atoms with Gasteiger partial charge in [-0.1, -0.05) is 0 Å². The molecule has 0 aliphatic carbocycles. The molecule has 2 aliphatic rings. The van der Waals surface area contributed by atoms with E-state index in [1.807, 2.05) is 4.90 Å². The van der Waals surface area contributed by atoms with Gasteiger partial charge in [0.25, 0.3) is 0 Å². The summed E-state index contributed by atoms with van der Waals surface area (Å²) in [6.07, 6.45) is 3.18. The van der Waals surface area contributed by atoms with Crippen molar-refractivity contribution in [2.75, 3.05) is 78.8 Å². The monoisotopic (exact) mass is 525 g/mol. The molecular weight excluding hydrogens is 485 g/mol. The van der Waals surface area contributed by atoms with E-state index in [1.54, 1.807) is 6.92 Å². The maximum atomic E-state index is 11.4. The molecule has 2 aliphatic heterocycles. The van der Waals surface area contributed by atoms with E-state index in [9.17, 15) is 4.79 Å². The van der Waals surface area contributed by atoms with Crippen LogP contribution in [0, 0.1) is 5.92 Å². The summed E-state index contributed by atoms with van der Waals surface area (Å²) in [5.74, 6) is 1.71. The summed E-state index contributed by atoms with van der Waals surface area (Å²) in [6, 6.07) is 0. The van der Waals surface area contributed by atoms with Gasteiger partial charge in [-0.25, -0.2) is 0 Å². The third-order valence-corrected chi connectivity index (χ3v) is 5.29. The van der Waals surface area contributed by atoms with Crippen LogP contribution in [0.15, 0.2) is 4.99 Å². The Balaban J connectivity index is 0.00000420. The van der Waals surface area contributed by atoms with Crippen LogP contribution >= 0.6 is 24.0 Å². The number of piperazine rings is 1. The van der Waals surface area contributed by atoms with Crippen LogP contribution in [0.1, 0.15) is 33.1 Å². The summed E-state index contributed by atoms with van der Waals surface area (Å²) in [5, 5.41) is 6.70. The highest BCUT2D eigenvalue weighted by molar-refractivity contribution is 14.0. The van der Waals surface area contributed by atoms with Crippen LogP contribution in [0.2, 0.25) is 0 Å². The average molecular weight is 525 g/mol. The van der Waals surface area contributed by atoms with Crippen LogP contribution in [0.5, 0.6) is 0 Å². The normalized spacial score (nSPS) is 19.0. The summed E-state index contributed by atoms with van der Waals surface area (Å²) in [6.45, 7) is 14.1. The Morgan fingerprint density at radius 2 is 1.90 bits per heavy atom. The fourth-order valence-electron chi connectivity index (χ4n) is 3.48. The van der Waals surface area contributed by atoms with Gasteiger partial charge in [0.15, 0.2) is 5.96 Å². The van der Waals surface area contributed by atoms with E-state index < -0.39 is 0 Å². The second kappa shape index (κ2) is 16.1. The molecule has 0 spiro atoms. The van der Waals surface area contributed by atoms with Crippen molar-refractivity contribution in [3.63, 3.8) is 0 Å². The first kappa shape index (κ1) is 26.4. The fourth-order valence-corrected chi connectivity index (χ4v) is 3.48. The molecule has 0 aromatic carbocycles. The number of nitrogens with zero attached hydrogens (tertiary/aromatic N) is 3. The molecule has 2 N–H and O–H groups in total. The first-order chi connectivity index (χ1) is 13.7. The first-order valence-electron chi connectivity index (χ1n) is 10.8. The number of amides is 1. The molecule has 0 aromatic rings. The summed E-state index contributed by atoms with van der Waals surface area (Å²) in [4.78, 5) is 20.3. The zero-order valence-electron chi connectivity index (χ0n) is 18.2. The van der Waals surface area contributed by atoms with Crippen LogP contribution < -0.4 is 10.6 Å². The minimum Gasteiger partial charge on any atom is -0.381 e. The Kier molecular flexibility index (Phi) is 14.6. The predicted octanol–water partition coefficient (Wildman–Crippen LogP) is 1.16. The predicted molar refractivity (Wildman–Crippen MR) is 127 cm³/mol. The smallest absolute Gasteiger partial charge is 0.219 e. The standard InChI is InChI=1S/C20H39N5O3.HI/c1-3-21-20(22-7-4-14-28-17-19-5-15-27-16-6-19)23-8-9-24-10-12-25(13-11-24)18(2)26;/h19H,3-17H2,1-2H3,(H2,21,22,23);1H. The molecule has 2 rings (SSSR count). The van der Waals surface area contributed by atoms with E-state index in [-0.39, 0.29) is 29.9 Å². The van der Waals surface area contributed by atoms with E-state index in [1.165, 1.54) is 0 Å². The summed E-state index contributed by atoms with van der Waals surface area (Å²) < 4.78 is 11.2.